The van der Waals surface area contributed by atoms with Crippen molar-refractivity contribution in [2.75, 3.05) is 13.2 Å². The number of hydrogen-bond donors (Lipinski definition) is 0. The molecule has 6 nitrogen and oxygen atoms in total. The average Bonchev–Trinajstić information content (AvgIpc) is 2.39. The molecule has 0 aromatic rings. The fraction of sp³-hybridized carbons (Fsp3) is 0.867. The first-order valence-corrected chi connectivity index (χ1v) is 7.50. The molecule has 24 heavy (non-hydrogen) atoms. The summed E-state index contributed by atoms with van der Waals surface area (Å²) in [7, 11) is 0. The van der Waals surface area contributed by atoms with Gasteiger partial charge in [-0.15, -0.1) is 0 Å². The number of rotatable bonds is 9. The van der Waals surface area contributed by atoms with E-state index in [0.717, 1.165) is 0 Å². The Balaban J connectivity index is 4.35. The Bertz CT molecular complexity index is 420. The molecule has 142 valence electrons. The van der Waals surface area contributed by atoms with Gasteiger partial charge in [0.2, 0.25) is 0 Å². The van der Waals surface area contributed by atoms with Crippen LogP contribution in [-0.2, 0) is 28.5 Å². The van der Waals surface area contributed by atoms with Crippen molar-refractivity contribution in [3.8, 4) is 0 Å². The van der Waals surface area contributed by atoms with Gasteiger partial charge in [0.1, 0.15) is 13.2 Å². The fourth-order valence-corrected chi connectivity index (χ4v) is 1.73. The number of ether oxygens (including phenoxy) is 4. The third-order valence-electron chi connectivity index (χ3n) is 2.62. The molecule has 0 aromatic heterocycles. The summed E-state index contributed by atoms with van der Waals surface area (Å²) in [6.07, 6.45) is -6.33. The van der Waals surface area contributed by atoms with E-state index in [1.54, 1.807) is 6.92 Å². The maximum atomic E-state index is 12.0. The first-order chi connectivity index (χ1) is 10.8. The van der Waals surface area contributed by atoms with Gasteiger partial charge in [-0.1, -0.05) is 0 Å². The summed E-state index contributed by atoms with van der Waals surface area (Å²) in [6, 6.07) is 0. The summed E-state index contributed by atoms with van der Waals surface area (Å²) in [4.78, 5) is 22.6. The highest BCUT2D eigenvalue weighted by molar-refractivity contribution is 5.78. The van der Waals surface area contributed by atoms with Gasteiger partial charge >= 0.3 is 18.1 Å². The maximum Gasteiger partial charge on any atom is 0.490 e. The Morgan fingerprint density at radius 3 is 1.79 bits per heavy atom. The zero-order valence-corrected chi connectivity index (χ0v) is 14.7. The van der Waals surface area contributed by atoms with Crippen LogP contribution in [0.15, 0.2) is 0 Å². The number of esters is 2. The predicted octanol–water partition coefficient (Wildman–Crippen LogP) is 2.63. The van der Waals surface area contributed by atoms with Gasteiger partial charge in [0.05, 0.1) is 18.3 Å². The van der Waals surface area contributed by atoms with Crippen LogP contribution in [-0.4, -0.2) is 55.2 Å². The van der Waals surface area contributed by atoms with E-state index < -0.39 is 36.4 Å². The average molecular weight is 358 g/mol. The number of carbonyl (C=O) groups is 2. The largest absolute Gasteiger partial charge is 0.490 e. The summed E-state index contributed by atoms with van der Waals surface area (Å²) >= 11 is 0. The molecule has 0 amide bonds. The van der Waals surface area contributed by atoms with Crippen LogP contribution in [0.4, 0.5) is 13.2 Å². The Morgan fingerprint density at radius 2 is 1.33 bits per heavy atom. The Labute approximate surface area is 139 Å². The second kappa shape index (κ2) is 9.22. The number of hydrogen-bond acceptors (Lipinski definition) is 6. The van der Waals surface area contributed by atoms with E-state index in [4.69, 9.17) is 14.2 Å². The van der Waals surface area contributed by atoms with Crippen LogP contribution < -0.4 is 0 Å². The topological polar surface area (TPSA) is 71.1 Å². The third kappa shape index (κ3) is 9.07. The van der Waals surface area contributed by atoms with E-state index >= 15 is 0 Å². The zero-order valence-electron chi connectivity index (χ0n) is 14.7. The monoisotopic (exact) mass is 358 g/mol. The van der Waals surface area contributed by atoms with Gasteiger partial charge in [-0.05, 0) is 41.5 Å². The van der Waals surface area contributed by atoms with E-state index in [1.165, 1.54) is 20.8 Å². The highest BCUT2D eigenvalue weighted by atomic mass is 19.4. The van der Waals surface area contributed by atoms with E-state index in [1.807, 2.05) is 13.8 Å². The lowest BCUT2D eigenvalue weighted by Gasteiger charge is -2.27. The molecule has 0 rings (SSSR count). The van der Waals surface area contributed by atoms with E-state index in [0.29, 0.717) is 0 Å². The first-order valence-electron chi connectivity index (χ1n) is 7.50. The smallest absolute Gasteiger partial charge is 0.461 e. The molecule has 2 atom stereocenters. The standard InChI is InChI=1S/C15H25F3O6/c1-9(2)23-10(3)7-21-12(19)14(5,6)24-11(4)8-22-13(20)15(16,17)18/h9-11H,7-8H2,1-6H3. The molecule has 0 bridgehead atoms. The van der Waals surface area contributed by atoms with E-state index in [-0.39, 0.29) is 18.8 Å². The number of carbonyl (C=O) groups excluding carboxylic acids is 2. The SMILES string of the molecule is CC(C)OC(C)COC(=O)C(C)(C)OC(C)COC(=O)C(F)(F)F. The van der Waals surface area contributed by atoms with Gasteiger partial charge < -0.3 is 18.9 Å². The van der Waals surface area contributed by atoms with Crippen molar-refractivity contribution in [2.24, 2.45) is 0 Å². The van der Waals surface area contributed by atoms with Crippen molar-refractivity contribution < 1.29 is 41.7 Å². The van der Waals surface area contributed by atoms with Gasteiger partial charge in [0.15, 0.2) is 5.60 Å². The number of alkyl halides is 3. The molecule has 0 spiro atoms. The molecule has 0 saturated carbocycles. The maximum absolute atomic E-state index is 12.0. The van der Waals surface area contributed by atoms with Crippen molar-refractivity contribution in [3.63, 3.8) is 0 Å². The zero-order chi connectivity index (χ0) is 19.1. The Hall–Kier alpha value is -1.35. The minimum atomic E-state index is -5.07. The highest BCUT2D eigenvalue weighted by Crippen LogP contribution is 2.19. The molecular formula is C15H25F3O6. The summed E-state index contributed by atoms with van der Waals surface area (Å²) in [6.45, 7) is 8.99. The second-order valence-corrected chi connectivity index (χ2v) is 6.13. The summed E-state index contributed by atoms with van der Waals surface area (Å²) < 4.78 is 56.0. The van der Waals surface area contributed by atoms with Crippen LogP contribution in [0.5, 0.6) is 0 Å². The Morgan fingerprint density at radius 1 is 0.875 bits per heavy atom. The molecule has 0 N–H and O–H groups in total. The van der Waals surface area contributed by atoms with Crippen molar-refractivity contribution in [2.45, 2.75) is 71.6 Å². The molecular weight excluding hydrogens is 333 g/mol. The molecule has 0 aliphatic carbocycles. The van der Waals surface area contributed by atoms with Gasteiger partial charge in [-0.2, -0.15) is 13.2 Å². The minimum Gasteiger partial charge on any atom is -0.461 e. The molecule has 9 heteroatoms. The van der Waals surface area contributed by atoms with Crippen LogP contribution in [0, 0.1) is 0 Å². The number of halogens is 3. The molecule has 0 aromatic carbocycles. The van der Waals surface area contributed by atoms with Crippen LogP contribution in [0.3, 0.4) is 0 Å². The van der Waals surface area contributed by atoms with Crippen LogP contribution in [0.2, 0.25) is 0 Å². The summed E-state index contributed by atoms with van der Waals surface area (Å²) in [5, 5.41) is 0. The Kier molecular flexibility index (Phi) is 8.70. The minimum absolute atomic E-state index is 0.0151. The molecule has 0 radical (unpaired) electrons. The molecule has 0 heterocycles. The lowest BCUT2D eigenvalue weighted by atomic mass is 10.1. The highest BCUT2D eigenvalue weighted by Gasteiger charge is 2.41. The summed E-state index contributed by atoms with van der Waals surface area (Å²) in [5.41, 5.74) is -1.42. The van der Waals surface area contributed by atoms with Crippen molar-refractivity contribution >= 4 is 11.9 Å². The second-order valence-electron chi connectivity index (χ2n) is 6.13. The molecule has 0 saturated heterocycles. The fourth-order valence-electron chi connectivity index (χ4n) is 1.73. The lowest BCUT2D eigenvalue weighted by Crippen LogP contribution is -2.42. The molecule has 0 fully saturated rings. The molecule has 0 aliphatic heterocycles. The molecule has 2 unspecified atom stereocenters. The quantitative estimate of drug-likeness (QED) is 0.590. The van der Waals surface area contributed by atoms with Gasteiger partial charge in [0, 0.05) is 0 Å². The molecule has 0 aliphatic rings. The van der Waals surface area contributed by atoms with Crippen LogP contribution in [0.1, 0.15) is 41.5 Å². The van der Waals surface area contributed by atoms with E-state index in [2.05, 4.69) is 4.74 Å². The normalized spacial score (nSPS) is 15.1. The van der Waals surface area contributed by atoms with Gasteiger partial charge in [-0.25, -0.2) is 9.59 Å². The third-order valence-corrected chi connectivity index (χ3v) is 2.62. The lowest BCUT2D eigenvalue weighted by molar-refractivity contribution is -0.206. The van der Waals surface area contributed by atoms with Gasteiger partial charge in [-0.3, -0.25) is 0 Å². The first kappa shape index (κ1) is 22.6. The van der Waals surface area contributed by atoms with Gasteiger partial charge in [0.25, 0.3) is 0 Å². The predicted molar refractivity (Wildman–Crippen MR) is 78.3 cm³/mol. The summed E-state index contributed by atoms with van der Waals surface area (Å²) in [5.74, 6) is -3.01. The van der Waals surface area contributed by atoms with Crippen molar-refractivity contribution in [1.82, 2.24) is 0 Å². The van der Waals surface area contributed by atoms with Crippen LogP contribution >= 0.6 is 0 Å². The van der Waals surface area contributed by atoms with Crippen LogP contribution in [0.25, 0.3) is 0 Å². The van der Waals surface area contributed by atoms with E-state index in [9.17, 15) is 22.8 Å². The van der Waals surface area contributed by atoms with Crippen molar-refractivity contribution in [1.29, 1.82) is 0 Å². The van der Waals surface area contributed by atoms with Crippen molar-refractivity contribution in [3.05, 3.63) is 0 Å².